The minimum atomic E-state index is -4.37. The Kier molecular flexibility index (Phi) is 6.29. The van der Waals surface area contributed by atoms with Crippen molar-refractivity contribution in [2.75, 3.05) is 49.1 Å². The van der Waals surface area contributed by atoms with Gasteiger partial charge in [0.2, 0.25) is 11.9 Å². The minimum Gasteiger partial charge on any atom is -0.353 e. The predicted molar refractivity (Wildman–Crippen MR) is 112 cm³/mol. The van der Waals surface area contributed by atoms with Crippen LogP contribution in [-0.2, 0) is 17.4 Å². The molecule has 0 N–H and O–H groups in total. The average Bonchev–Trinajstić information content (AvgIpc) is 2.79. The summed E-state index contributed by atoms with van der Waals surface area (Å²) >= 11 is 0. The molecule has 4 rings (SSSR count). The van der Waals surface area contributed by atoms with Crippen LogP contribution in [0.3, 0.4) is 0 Å². The van der Waals surface area contributed by atoms with Crippen molar-refractivity contribution >= 4 is 17.7 Å². The first-order chi connectivity index (χ1) is 14.9. The second-order valence-corrected chi connectivity index (χ2v) is 8.00. The Labute approximate surface area is 179 Å². The first-order valence-electron chi connectivity index (χ1n) is 10.7. The van der Waals surface area contributed by atoms with Gasteiger partial charge in [-0.3, -0.25) is 4.79 Å². The van der Waals surface area contributed by atoms with E-state index in [0.717, 1.165) is 49.8 Å². The summed E-state index contributed by atoms with van der Waals surface area (Å²) in [6, 6.07) is 6.69. The number of hydrogen-bond acceptors (Lipinski definition) is 5. The Morgan fingerprint density at radius 1 is 0.871 bits per heavy atom. The Balaban J connectivity index is 1.32. The van der Waals surface area contributed by atoms with Crippen LogP contribution in [-0.4, -0.2) is 60.0 Å². The highest BCUT2D eigenvalue weighted by molar-refractivity contribution is 5.79. The molecule has 3 heterocycles. The van der Waals surface area contributed by atoms with Crippen molar-refractivity contribution in [2.24, 2.45) is 0 Å². The molecule has 166 valence electrons. The molecule has 1 aromatic heterocycles. The minimum absolute atomic E-state index is 0.0731. The van der Waals surface area contributed by atoms with Crippen LogP contribution >= 0.6 is 0 Å². The van der Waals surface area contributed by atoms with E-state index in [1.54, 1.807) is 11.1 Å². The third-order valence-corrected chi connectivity index (χ3v) is 5.86. The van der Waals surface area contributed by atoms with Crippen LogP contribution in [0.4, 0.5) is 24.9 Å². The summed E-state index contributed by atoms with van der Waals surface area (Å²) in [6.07, 6.45) is 1.09. The Morgan fingerprint density at radius 2 is 1.55 bits per heavy atom. The SMILES string of the molecule is O=C(Cc1ccc(C(F)(F)F)cc1)N1CCN(c2ccnc(N3CCCCC3)n2)CC1. The number of piperazine rings is 1. The molecular formula is C22H26F3N5O. The number of halogens is 3. The van der Waals surface area contributed by atoms with Crippen molar-refractivity contribution in [2.45, 2.75) is 31.9 Å². The van der Waals surface area contributed by atoms with Gasteiger partial charge in [0.05, 0.1) is 12.0 Å². The molecule has 2 aromatic rings. The summed E-state index contributed by atoms with van der Waals surface area (Å²) in [6.45, 7) is 4.40. The molecule has 1 amide bonds. The van der Waals surface area contributed by atoms with Crippen molar-refractivity contribution in [1.29, 1.82) is 0 Å². The first-order valence-corrected chi connectivity index (χ1v) is 10.7. The Hall–Kier alpha value is -2.84. The average molecular weight is 433 g/mol. The number of aromatic nitrogens is 2. The van der Waals surface area contributed by atoms with Crippen LogP contribution < -0.4 is 9.80 Å². The van der Waals surface area contributed by atoms with E-state index < -0.39 is 11.7 Å². The molecule has 2 fully saturated rings. The number of rotatable bonds is 4. The van der Waals surface area contributed by atoms with Gasteiger partial charge in [-0.2, -0.15) is 18.2 Å². The van der Waals surface area contributed by atoms with Gasteiger partial charge in [-0.05, 0) is 43.0 Å². The van der Waals surface area contributed by atoms with Crippen LogP contribution in [0.15, 0.2) is 36.5 Å². The van der Waals surface area contributed by atoms with Crippen molar-refractivity contribution in [1.82, 2.24) is 14.9 Å². The third kappa shape index (κ3) is 5.26. The molecule has 1 aromatic carbocycles. The summed E-state index contributed by atoms with van der Waals surface area (Å²) in [5.74, 6) is 1.56. The zero-order valence-electron chi connectivity index (χ0n) is 17.3. The van der Waals surface area contributed by atoms with E-state index >= 15 is 0 Å². The van der Waals surface area contributed by atoms with E-state index in [9.17, 15) is 18.0 Å². The van der Waals surface area contributed by atoms with Gasteiger partial charge in [-0.25, -0.2) is 4.98 Å². The van der Waals surface area contributed by atoms with Crippen LogP contribution in [0, 0.1) is 0 Å². The zero-order chi connectivity index (χ0) is 21.8. The fourth-order valence-corrected chi connectivity index (χ4v) is 4.04. The van der Waals surface area contributed by atoms with Crippen molar-refractivity contribution in [3.8, 4) is 0 Å². The Morgan fingerprint density at radius 3 is 2.19 bits per heavy atom. The van der Waals surface area contributed by atoms with Gasteiger partial charge >= 0.3 is 6.18 Å². The number of hydrogen-bond donors (Lipinski definition) is 0. The lowest BCUT2D eigenvalue weighted by Crippen LogP contribution is -2.49. The predicted octanol–water partition coefficient (Wildman–Crippen LogP) is 3.38. The smallest absolute Gasteiger partial charge is 0.353 e. The molecule has 0 aliphatic carbocycles. The van der Waals surface area contributed by atoms with Gasteiger partial charge in [0, 0.05) is 45.5 Å². The molecule has 0 spiro atoms. The second kappa shape index (κ2) is 9.11. The summed E-state index contributed by atoms with van der Waals surface area (Å²) in [5, 5.41) is 0. The summed E-state index contributed by atoms with van der Waals surface area (Å²) in [5.41, 5.74) is -0.117. The normalized spacial score (nSPS) is 17.7. The van der Waals surface area contributed by atoms with E-state index in [4.69, 9.17) is 4.98 Å². The molecule has 31 heavy (non-hydrogen) atoms. The van der Waals surface area contributed by atoms with Crippen LogP contribution in [0.1, 0.15) is 30.4 Å². The van der Waals surface area contributed by atoms with Crippen LogP contribution in [0.25, 0.3) is 0 Å². The van der Waals surface area contributed by atoms with Crippen molar-refractivity contribution in [3.63, 3.8) is 0 Å². The summed E-state index contributed by atoms with van der Waals surface area (Å²) in [7, 11) is 0. The standard InChI is InChI=1S/C22H26F3N5O/c23-22(24,25)18-6-4-17(5-7-18)16-20(31)29-14-12-28(13-15-29)19-8-9-26-21(27-19)30-10-2-1-3-11-30/h4-9H,1-3,10-16H2. The van der Waals surface area contributed by atoms with Crippen molar-refractivity contribution in [3.05, 3.63) is 47.7 Å². The number of benzene rings is 1. The van der Waals surface area contributed by atoms with Crippen molar-refractivity contribution < 1.29 is 18.0 Å². The fourth-order valence-electron chi connectivity index (χ4n) is 4.04. The molecule has 9 heteroatoms. The molecular weight excluding hydrogens is 407 g/mol. The number of carbonyl (C=O) groups excluding carboxylic acids is 1. The summed E-state index contributed by atoms with van der Waals surface area (Å²) < 4.78 is 38.1. The lowest BCUT2D eigenvalue weighted by Gasteiger charge is -2.36. The van der Waals surface area contributed by atoms with E-state index in [0.29, 0.717) is 31.7 Å². The van der Waals surface area contributed by atoms with Gasteiger partial charge in [0.25, 0.3) is 0 Å². The van der Waals surface area contributed by atoms with Gasteiger partial charge in [-0.15, -0.1) is 0 Å². The molecule has 0 unspecified atom stereocenters. The molecule has 6 nitrogen and oxygen atoms in total. The molecule has 0 saturated carbocycles. The molecule has 0 atom stereocenters. The second-order valence-electron chi connectivity index (χ2n) is 8.00. The molecule has 0 bridgehead atoms. The van der Waals surface area contributed by atoms with Gasteiger partial charge < -0.3 is 14.7 Å². The number of alkyl halides is 3. The Bertz CT molecular complexity index is 889. The maximum atomic E-state index is 12.7. The zero-order valence-corrected chi connectivity index (χ0v) is 17.3. The maximum Gasteiger partial charge on any atom is 0.416 e. The number of carbonyl (C=O) groups is 1. The number of nitrogens with zero attached hydrogens (tertiary/aromatic N) is 5. The van der Waals surface area contributed by atoms with E-state index in [1.165, 1.54) is 18.6 Å². The number of piperidine rings is 1. The van der Waals surface area contributed by atoms with E-state index in [2.05, 4.69) is 14.8 Å². The lowest BCUT2D eigenvalue weighted by molar-refractivity contribution is -0.137. The maximum absolute atomic E-state index is 12.7. The number of amides is 1. The molecule has 0 radical (unpaired) electrons. The summed E-state index contributed by atoms with van der Waals surface area (Å²) in [4.78, 5) is 27.9. The highest BCUT2D eigenvalue weighted by atomic mass is 19.4. The number of anilines is 2. The first kappa shape index (κ1) is 21.4. The van der Waals surface area contributed by atoms with Gasteiger partial charge in [0.15, 0.2) is 0 Å². The topological polar surface area (TPSA) is 52.6 Å². The van der Waals surface area contributed by atoms with Gasteiger partial charge in [0.1, 0.15) is 5.82 Å². The monoisotopic (exact) mass is 433 g/mol. The van der Waals surface area contributed by atoms with Gasteiger partial charge in [-0.1, -0.05) is 12.1 Å². The lowest BCUT2D eigenvalue weighted by atomic mass is 10.1. The third-order valence-electron chi connectivity index (χ3n) is 5.86. The largest absolute Gasteiger partial charge is 0.416 e. The molecule has 2 aliphatic heterocycles. The highest BCUT2D eigenvalue weighted by Gasteiger charge is 2.30. The van der Waals surface area contributed by atoms with E-state index in [-0.39, 0.29) is 12.3 Å². The van der Waals surface area contributed by atoms with Crippen LogP contribution in [0.2, 0.25) is 0 Å². The fraction of sp³-hybridized carbons (Fsp3) is 0.500. The van der Waals surface area contributed by atoms with Crippen LogP contribution in [0.5, 0.6) is 0 Å². The molecule has 2 aliphatic rings. The van der Waals surface area contributed by atoms with E-state index in [1.807, 2.05) is 6.07 Å². The molecule has 2 saturated heterocycles. The highest BCUT2D eigenvalue weighted by Crippen LogP contribution is 2.29. The quantitative estimate of drug-likeness (QED) is 0.740.